The molecule has 2 amide bonds. The van der Waals surface area contributed by atoms with E-state index in [0.717, 1.165) is 18.0 Å². The van der Waals surface area contributed by atoms with Crippen LogP contribution in [0.2, 0.25) is 5.02 Å². The number of amides is 2. The molecule has 4 rings (SSSR count). The van der Waals surface area contributed by atoms with Gasteiger partial charge in [0.25, 0.3) is 11.8 Å². The summed E-state index contributed by atoms with van der Waals surface area (Å²) in [7, 11) is 0. The van der Waals surface area contributed by atoms with E-state index < -0.39 is 0 Å². The van der Waals surface area contributed by atoms with Crippen molar-refractivity contribution in [1.29, 1.82) is 0 Å². The summed E-state index contributed by atoms with van der Waals surface area (Å²) in [6.45, 7) is 1.03. The van der Waals surface area contributed by atoms with E-state index in [2.05, 4.69) is 14.9 Å². The Morgan fingerprint density at radius 3 is 2.26 bits per heavy atom. The van der Waals surface area contributed by atoms with Crippen LogP contribution in [0.25, 0.3) is 0 Å². The second kappa shape index (κ2) is 9.90. The van der Waals surface area contributed by atoms with Crippen molar-refractivity contribution < 1.29 is 9.59 Å². The number of benzene rings is 3. The molecular formula is C24H22ClN3O2S. The largest absolute Gasteiger partial charge is 0.322 e. The maximum Gasteiger partial charge on any atom is 0.255 e. The lowest BCUT2D eigenvalue weighted by Crippen LogP contribution is -2.21. The number of hydrogen-bond acceptors (Lipinski definition) is 4. The highest BCUT2D eigenvalue weighted by molar-refractivity contribution is 8.00. The van der Waals surface area contributed by atoms with Gasteiger partial charge in [-0.3, -0.25) is 9.59 Å². The first-order chi connectivity index (χ1) is 15.1. The zero-order valence-electron chi connectivity index (χ0n) is 16.8. The molecule has 0 spiro atoms. The number of rotatable bonds is 5. The Balaban J connectivity index is 1.43. The third kappa shape index (κ3) is 5.40. The van der Waals surface area contributed by atoms with E-state index in [0.29, 0.717) is 27.5 Å². The fourth-order valence-electron chi connectivity index (χ4n) is 3.27. The molecule has 1 heterocycles. The monoisotopic (exact) mass is 451 g/mol. The van der Waals surface area contributed by atoms with Crippen LogP contribution in [0.4, 0.5) is 17.1 Å². The van der Waals surface area contributed by atoms with Gasteiger partial charge in [0.1, 0.15) is 0 Å². The normalized spacial score (nSPS) is 13.5. The van der Waals surface area contributed by atoms with Crippen molar-refractivity contribution in [2.75, 3.05) is 27.2 Å². The molecule has 0 saturated carbocycles. The summed E-state index contributed by atoms with van der Waals surface area (Å²) in [5.41, 5.74) is 3.19. The summed E-state index contributed by atoms with van der Waals surface area (Å²) >= 11 is 8.06. The summed E-state index contributed by atoms with van der Waals surface area (Å²) < 4.78 is 2.27. The molecule has 3 aromatic carbocycles. The number of carbonyl (C=O) groups excluding carboxylic acids is 2. The van der Waals surface area contributed by atoms with Gasteiger partial charge in [-0.2, -0.15) is 0 Å². The molecule has 0 aliphatic carbocycles. The molecule has 0 aromatic heterocycles. The number of hydrogen-bond donors (Lipinski definition) is 2. The summed E-state index contributed by atoms with van der Waals surface area (Å²) in [5.74, 6) is 0.639. The van der Waals surface area contributed by atoms with Crippen LogP contribution < -0.4 is 14.9 Å². The Kier molecular flexibility index (Phi) is 6.79. The van der Waals surface area contributed by atoms with Crippen molar-refractivity contribution in [2.24, 2.45) is 0 Å². The molecule has 2 N–H and O–H groups in total. The smallest absolute Gasteiger partial charge is 0.255 e. The van der Waals surface area contributed by atoms with E-state index in [1.807, 2.05) is 42.3 Å². The maximum atomic E-state index is 12.7. The van der Waals surface area contributed by atoms with E-state index in [1.165, 1.54) is 12.8 Å². The molecule has 1 aliphatic heterocycles. The predicted octanol–water partition coefficient (Wildman–Crippen LogP) is 6.09. The minimum Gasteiger partial charge on any atom is -0.322 e. The van der Waals surface area contributed by atoms with Crippen LogP contribution in [0.15, 0.2) is 72.8 Å². The first-order valence-corrected chi connectivity index (χ1v) is 11.4. The Morgan fingerprint density at radius 2 is 1.55 bits per heavy atom. The van der Waals surface area contributed by atoms with Gasteiger partial charge in [0, 0.05) is 34.8 Å². The van der Waals surface area contributed by atoms with E-state index in [1.54, 1.807) is 42.5 Å². The number of nitrogens with zero attached hydrogens (tertiary/aromatic N) is 1. The van der Waals surface area contributed by atoms with Crippen LogP contribution in [-0.4, -0.2) is 24.1 Å². The average molecular weight is 452 g/mol. The third-order valence-corrected chi connectivity index (χ3v) is 6.43. The summed E-state index contributed by atoms with van der Waals surface area (Å²) in [6.07, 6.45) is 2.44. The van der Waals surface area contributed by atoms with E-state index in [-0.39, 0.29) is 11.8 Å². The molecule has 7 heteroatoms. The quantitative estimate of drug-likeness (QED) is 0.460. The highest BCUT2D eigenvalue weighted by Crippen LogP contribution is 2.29. The van der Waals surface area contributed by atoms with Gasteiger partial charge in [-0.25, -0.2) is 0 Å². The minimum absolute atomic E-state index is 0.222. The van der Waals surface area contributed by atoms with Crippen molar-refractivity contribution in [3.8, 4) is 0 Å². The molecular weight excluding hydrogens is 430 g/mol. The fourth-order valence-corrected chi connectivity index (χ4v) is 4.51. The minimum atomic E-state index is -0.267. The molecule has 0 bridgehead atoms. The van der Waals surface area contributed by atoms with Crippen molar-refractivity contribution in [3.05, 3.63) is 88.9 Å². The Hall–Kier alpha value is -2.96. The third-order valence-electron chi connectivity index (χ3n) is 4.93. The van der Waals surface area contributed by atoms with Crippen LogP contribution in [0, 0.1) is 0 Å². The number of halogens is 1. The Morgan fingerprint density at radius 1 is 0.839 bits per heavy atom. The van der Waals surface area contributed by atoms with Crippen LogP contribution in [0.5, 0.6) is 0 Å². The van der Waals surface area contributed by atoms with Gasteiger partial charge in [-0.15, -0.1) is 0 Å². The first-order valence-electron chi connectivity index (χ1n) is 10.1. The van der Waals surface area contributed by atoms with Crippen LogP contribution in [0.1, 0.15) is 33.6 Å². The lowest BCUT2D eigenvalue weighted by Gasteiger charge is -2.27. The van der Waals surface area contributed by atoms with Gasteiger partial charge >= 0.3 is 0 Å². The molecule has 0 atom stereocenters. The maximum absolute atomic E-state index is 12.7. The molecule has 0 unspecified atom stereocenters. The molecule has 158 valence electrons. The van der Waals surface area contributed by atoms with Gasteiger partial charge < -0.3 is 14.9 Å². The van der Waals surface area contributed by atoms with Crippen molar-refractivity contribution in [3.63, 3.8) is 0 Å². The van der Waals surface area contributed by atoms with Gasteiger partial charge in [0.05, 0.1) is 10.7 Å². The molecule has 5 nitrogen and oxygen atoms in total. The predicted molar refractivity (Wildman–Crippen MR) is 129 cm³/mol. The van der Waals surface area contributed by atoms with Gasteiger partial charge in [0.15, 0.2) is 0 Å². The average Bonchev–Trinajstić information content (AvgIpc) is 2.82. The van der Waals surface area contributed by atoms with E-state index in [4.69, 9.17) is 11.6 Å². The Labute approximate surface area is 190 Å². The molecule has 1 fully saturated rings. The SMILES string of the molecule is O=C(Nc1ccc(Cl)c(NC(=O)c2ccccc2)c1)c1ccc(N2CCCCS2)cc1. The lowest BCUT2D eigenvalue weighted by atomic mass is 10.1. The van der Waals surface area contributed by atoms with Gasteiger partial charge in [0.2, 0.25) is 0 Å². The highest BCUT2D eigenvalue weighted by atomic mass is 35.5. The summed E-state index contributed by atoms with van der Waals surface area (Å²) in [6, 6.07) is 21.5. The zero-order valence-corrected chi connectivity index (χ0v) is 18.4. The zero-order chi connectivity index (χ0) is 21.6. The lowest BCUT2D eigenvalue weighted by molar-refractivity contribution is 0.101. The summed E-state index contributed by atoms with van der Waals surface area (Å²) in [5, 5.41) is 6.06. The molecule has 3 aromatic rings. The fraction of sp³-hybridized carbons (Fsp3) is 0.167. The Bertz CT molecular complexity index is 1070. The highest BCUT2D eigenvalue weighted by Gasteiger charge is 2.14. The standard InChI is InChI=1S/C24H22ClN3O2S/c25-21-13-10-19(16-22(21)27-24(30)17-6-2-1-3-7-17)26-23(29)18-8-11-20(12-9-18)28-14-4-5-15-31-28/h1-3,6-13,16H,4-5,14-15H2,(H,26,29)(H,27,30). The first kappa shape index (κ1) is 21.3. The molecule has 1 saturated heterocycles. The summed E-state index contributed by atoms with van der Waals surface area (Å²) in [4.78, 5) is 25.1. The molecule has 1 aliphatic rings. The van der Waals surface area contributed by atoms with Crippen LogP contribution in [0.3, 0.4) is 0 Å². The second-order valence-electron chi connectivity index (χ2n) is 7.16. The van der Waals surface area contributed by atoms with E-state index in [9.17, 15) is 9.59 Å². The van der Waals surface area contributed by atoms with Gasteiger partial charge in [-0.05, 0) is 79.4 Å². The van der Waals surface area contributed by atoms with Crippen molar-refractivity contribution >= 4 is 52.4 Å². The van der Waals surface area contributed by atoms with Crippen LogP contribution in [-0.2, 0) is 0 Å². The molecule has 31 heavy (non-hydrogen) atoms. The van der Waals surface area contributed by atoms with E-state index >= 15 is 0 Å². The number of nitrogens with one attached hydrogen (secondary N) is 2. The molecule has 0 radical (unpaired) electrons. The second-order valence-corrected chi connectivity index (χ2v) is 8.67. The van der Waals surface area contributed by atoms with Crippen molar-refractivity contribution in [1.82, 2.24) is 0 Å². The topological polar surface area (TPSA) is 61.4 Å². The van der Waals surface area contributed by atoms with Gasteiger partial charge in [-0.1, -0.05) is 29.8 Å². The van der Waals surface area contributed by atoms with Crippen LogP contribution >= 0.6 is 23.5 Å². The number of anilines is 3. The number of carbonyl (C=O) groups is 2. The van der Waals surface area contributed by atoms with Crippen molar-refractivity contribution in [2.45, 2.75) is 12.8 Å².